The third kappa shape index (κ3) is 2.36. The summed E-state index contributed by atoms with van der Waals surface area (Å²) in [5, 5.41) is 26.5. The first-order valence-electron chi connectivity index (χ1n) is 8.54. The molecule has 2 aromatic rings. The molecule has 0 aromatic heterocycles. The molecule has 0 bridgehead atoms. The van der Waals surface area contributed by atoms with Gasteiger partial charge in [-0.05, 0) is 35.7 Å². The summed E-state index contributed by atoms with van der Waals surface area (Å²) in [5.41, 5.74) is 1.07. The highest BCUT2D eigenvalue weighted by Crippen LogP contribution is 2.57. The number of rotatable bonds is 2. The summed E-state index contributed by atoms with van der Waals surface area (Å²) in [6, 6.07) is 18.8. The van der Waals surface area contributed by atoms with Crippen LogP contribution in [-0.2, 0) is 4.79 Å². The number of benzene rings is 2. The molecule has 0 aliphatic carbocycles. The number of fused-ring (bicyclic) bond motifs is 3. The van der Waals surface area contributed by atoms with Crippen LogP contribution < -0.4 is 0 Å². The van der Waals surface area contributed by atoms with Crippen LogP contribution in [0.1, 0.15) is 35.6 Å². The molecular formula is C21H15ClN4O. The van der Waals surface area contributed by atoms with Crippen LogP contribution in [0.3, 0.4) is 0 Å². The Hall–Kier alpha value is -3.15. The van der Waals surface area contributed by atoms with Crippen molar-refractivity contribution in [3.63, 3.8) is 0 Å². The molecule has 0 N–H and O–H groups in total. The number of nitrogens with zero attached hydrogens (tertiary/aromatic N) is 4. The summed E-state index contributed by atoms with van der Waals surface area (Å²) >= 11 is 6.04. The monoisotopic (exact) mass is 374 g/mol. The number of halogens is 1. The van der Waals surface area contributed by atoms with Crippen LogP contribution in [0.25, 0.3) is 0 Å². The molecule has 2 aromatic carbocycles. The van der Waals surface area contributed by atoms with E-state index in [-0.39, 0.29) is 11.8 Å². The second-order valence-corrected chi connectivity index (χ2v) is 7.25. The molecule has 0 unspecified atom stereocenters. The van der Waals surface area contributed by atoms with Gasteiger partial charge in [-0.25, -0.2) is 0 Å². The molecule has 1 fully saturated rings. The molecule has 0 amide bonds. The Kier molecular flexibility index (Phi) is 3.98. The predicted octanol–water partition coefficient (Wildman–Crippen LogP) is 3.82. The van der Waals surface area contributed by atoms with E-state index in [1.54, 1.807) is 18.3 Å². The summed E-state index contributed by atoms with van der Waals surface area (Å²) in [5.74, 6) is -1.43. The Labute approximate surface area is 162 Å². The standard InChI is InChI=1S/C21H15ClN4O/c1-13(27)19-18(14-6-8-16(22)9-7-14)20-17-5-3-2-4-15(17)10-25-26(20)21(19,11-23)12-24/h2-10,18-20H,1H3/t18-,19-,20-/m0/s1. The lowest BCUT2D eigenvalue weighted by Gasteiger charge is -2.33. The van der Waals surface area contributed by atoms with Crippen molar-refractivity contribution in [2.45, 2.75) is 24.4 Å². The van der Waals surface area contributed by atoms with Crippen molar-refractivity contribution in [1.29, 1.82) is 10.5 Å². The van der Waals surface area contributed by atoms with Crippen molar-refractivity contribution in [2.24, 2.45) is 11.0 Å². The first kappa shape index (κ1) is 17.3. The van der Waals surface area contributed by atoms with Gasteiger partial charge in [0.2, 0.25) is 5.54 Å². The maximum Gasteiger partial charge on any atom is 0.240 e. The lowest BCUT2D eigenvalue weighted by Crippen LogP contribution is -2.46. The Bertz CT molecular complexity index is 1020. The van der Waals surface area contributed by atoms with Crippen molar-refractivity contribution in [3.05, 3.63) is 70.2 Å². The fourth-order valence-electron chi connectivity index (χ4n) is 4.34. The molecule has 0 saturated carbocycles. The molecular weight excluding hydrogens is 360 g/mol. The molecule has 27 heavy (non-hydrogen) atoms. The van der Waals surface area contributed by atoms with Gasteiger partial charge in [-0.1, -0.05) is 48.0 Å². The van der Waals surface area contributed by atoms with Crippen LogP contribution in [0.5, 0.6) is 0 Å². The number of nitriles is 2. The highest BCUT2D eigenvalue weighted by molar-refractivity contribution is 6.30. The van der Waals surface area contributed by atoms with Gasteiger partial charge >= 0.3 is 0 Å². The molecule has 132 valence electrons. The molecule has 6 heteroatoms. The number of hydrazone groups is 1. The lowest BCUT2D eigenvalue weighted by molar-refractivity contribution is -0.122. The SMILES string of the molecule is CC(=O)[C@H]1[C@H](c2ccc(Cl)cc2)[C@@H]2c3ccccc3C=NN2C1(C#N)C#N. The molecule has 2 aliphatic rings. The fraction of sp³-hybridized carbons (Fsp3) is 0.238. The number of carbonyl (C=O) groups excluding carboxylic acids is 1. The van der Waals surface area contributed by atoms with Crippen LogP contribution in [-0.4, -0.2) is 22.5 Å². The zero-order chi connectivity index (χ0) is 19.2. The molecule has 4 rings (SSSR count). The van der Waals surface area contributed by atoms with E-state index in [9.17, 15) is 15.3 Å². The van der Waals surface area contributed by atoms with Crippen molar-refractivity contribution < 1.29 is 4.79 Å². The Morgan fingerprint density at radius 1 is 1.15 bits per heavy atom. The largest absolute Gasteiger partial charge is 0.300 e. The molecule has 1 saturated heterocycles. The maximum absolute atomic E-state index is 12.7. The van der Waals surface area contributed by atoms with Gasteiger partial charge in [-0.15, -0.1) is 0 Å². The van der Waals surface area contributed by atoms with Gasteiger partial charge in [0.15, 0.2) is 0 Å². The van der Waals surface area contributed by atoms with Crippen LogP contribution in [0.15, 0.2) is 53.6 Å². The Morgan fingerprint density at radius 3 is 2.44 bits per heavy atom. The highest BCUT2D eigenvalue weighted by Gasteiger charge is 2.63. The normalized spacial score (nSPS) is 24.4. The van der Waals surface area contributed by atoms with Crippen LogP contribution in [0, 0.1) is 28.6 Å². The number of Topliss-reactive ketones (excluding diaryl/α,β-unsaturated/α-hetero) is 1. The summed E-state index contributed by atoms with van der Waals surface area (Å²) in [7, 11) is 0. The van der Waals surface area contributed by atoms with E-state index in [1.807, 2.05) is 36.4 Å². The van der Waals surface area contributed by atoms with E-state index in [1.165, 1.54) is 11.9 Å². The van der Waals surface area contributed by atoms with Crippen LogP contribution >= 0.6 is 11.6 Å². The van der Waals surface area contributed by atoms with E-state index in [2.05, 4.69) is 17.2 Å². The topological polar surface area (TPSA) is 80.2 Å². The van der Waals surface area contributed by atoms with E-state index < -0.39 is 17.4 Å². The van der Waals surface area contributed by atoms with Crippen molar-refractivity contribution in [3.8, 4) is 12.1 Å². The maximum atomic E-state index is 12.7. The van der Waals surface area contributed by atoms with Gasteiger partial charge in [0.05, 0.1) is 18.2 Å². The molecule has 0 radical (unpaired) electrons. The third-order valence-electron chi connectivity index (χ3n) is 5.44. The van der Waals surface area contributed by atoms with E-state index in [4.69, 9.17) is 11.6 Å². The summed E-state index contributed by atoms with van der Waals surface area (Å²) in [6.07, 6.45) is 1.65. The third-order valence-corrected chi connectivity index (χ3v) is 5.70. The van der Waals surface area contributed by atoms with Gasteiger partial charge < -0.3 is 0 Å². The van der Waals surface area contributed by atoms with Crippen molar-refractivity contribution in [2.75, 3.05) is 0 Å². The van der Waals surface area contributed by atoms with Gasteiger partial charge in [0, 0.05) is 10.9 Å². The van der Waals surface area contributed by atoms with E-state index in [0.717, 1.165) is 16.7 Å². The summed E-state index contributed by atoms with van der Waals surface area (Å²) in [4.78, 5) is 12.7. The highest BCUT2D eigenvalue weighted by atomic mass is 35.5. The Balaban J connectivity index is 2.01. The van der Waals surface area contributed by atoms with Crippen molar-refractivity contribution in [1.82, 2.24) is 5.01 Å². The quantitative estimate of drug-likeness (QED) is 0.800. The van der Waals surface area contributed by atoms with Gasteiger partial charge in [0.1, 0.15) is 17.9 Å². The van der Waals surface area contributed by atoms with E-state index >= 15 is 0 Å². The summed E-state index contributed by atoms with van der Waals surface area (Å²) < 4.78 is 0. The second-order valence-electron chi connectivity index (χ2n) is 6.82. The number of ketones is 1. The number of carbonyl (C=O) groups is 1. The minimum atomic E-state index is -1.66. The lowest BCUT2D eigenvalue weighted by atomic mass is 9.73. The minimum Gasteiger partial charge on any atom is -0.300 e. The molecule has 0 spiro atoms. The number of hydrogen-bond donors (Lipinski definition) is 0. The molecule has 5 nitrogen and oxygen atoms in total. The predicted molar refractivity (Wildman–Crippen MR) is 101 cm³/mol. The zero-order valence-corrected chi connectivity index (χ0v) is 15.3. The average Bonchev–Trinajstić information content (AvgIpc) is 3.00. The first-order chi connectivity index (χ1) is 13.0. The fourth-order valence-corrected chi connectivity index (χ4v) is 4.47. The smallest absolute Gasteiger partial charge is 0.240 e. The average molecular weight is 375 g/mol. The van der Waals surface area contributed by atoms with Gasteiger partial charge in [0.25, 0.3) is 0 Å². The minimum absolute atomic E-state index is 0.208. The van der Waals surface area contributed by atoms with Crippen LogP contribution in [0.4, 0.5) is 0 Å². The second kappa shape index (κ2) is 6.23. The van der Waals surface area contributed by atoms with E-state index in [0.29, 0.717) is 5.02 Å². The first-order valence-corrected chi connectivity index (χ1v) is 8.92. The molecule has 2 heterocycles. The van der Waals surface area contributed by atoms with Crippen molar-refractivity contribution >= 4 is 23.6 Å². The Morgan fingerprint density at radius 2 is 1.81 bits per heavy atom. The van der Waals surface area contributed by atoms with Gasteiger partial charge in [-0.3, -0.25) is 9.80 Å². The molecule has 2 aliphatic heterocycles. The molecule has 3 atom stereocenters. The zero-order valence-electron chi connectivity index (χ0n) is 14.5. The van der Waals surface area contributed by atoms with Crippen LogP contribution in [0.2, 0.25) is 5.02 Å². The van der Waals surface area contributed by atoms with Gasteiger partial charge in [-0.2, -0.15) is 15.6 Å². The number of hydrogen-bond acceptors (Lipinski definition) is 5. The summed E-state index contributed by atoms with van der Waals surface area (Å²) in [6.45, 7) is 1.44.